The highest BCUT2D eigenvalue weighted by molar-refractivity contribution is 6.23. The second kappa shape index (κ2) is 6.12. The van der Waals surface area contributed by atoms with Crippen LogP contribution >= 0.6 is 0 Å². The number of esters is 1. The minimum atomic E-state index is -0.708. The molecule has 1 heterocycles. The van der Waals surface area contributed by atoms with E-state index in [4.69, 9.17) is 4.74 Å². The largest absolute Gasteiger partial charge is 0.419 e. The molecule has 0 radical (unpaired) electrons. The maximum absolute atomic E-state index is 13.1. The van der Waals surface area contributed by atoms with E-state index in [1.54, 1.807) is 0 Å². The monoisotopic (exact) mass is 382 g/mol. The first kappa shape index (κ1) is 18.1. The maximum Gasteiger partial charge on any atom is 0.313 e. The quantitative estimate of drug-likeness (QED) is 0.199. The average molecular weight is 382 g/mol. The van der Waals surface area contributed by atoms with Crippen LogP contribution in [0.25, 0.3) is 0 Å². The number of rotatable bonds is 3. The van der Waals surface area contributed by atoms with E-state index in [0.29, 0.717) is 0 Å². The molecule has 3 aliphatic rings. The Morgan fingerprint density at radius 2 is 1.64 bits per heavy atom. The van der Waals surface area contributed by atoms with E-state index < -0.39 is 28.4 Å². The van der Waals surface area contributed by atoms with Gasteiger partial charge in [0.1, 0.15) is 0 Å². The molecule has 0 unspecified atom stereocenters. The molecular weight excluding hydrogens is 364 g/mol. The van der Waals surface area contributed by atoms with Crippen LogP contribution < -0.4 is 9.64 Å². The summed E-state index contributed by atoms with van der Waals surface area (Å²) < 4.78 is 4.85. The molecule has 0 aromatic heterocycles. The predicted molar refractivity (Wildman–Crippen MR) is 98.4 cm³/mol. The first-order valence-corrected chi connectivity index (χ1v) is 8.92. The summed E-state index contributed by atoms with van der Waals surface area (Å²) in [5.41, 5.74) is 1.89. The number of amides is 2. The molecule has 1 aromatic carbocycles. The number of benzene rings is 1. The number of hydrogen-bond donors (Lipinski definition) is 0. The van der Waals surface area contributed by atoms with Gasteiger partial charge in [-0.3, -0.25) is 24.5 Å². The third-order valence-corrected chi connectivity index (χ3v) is 5.64. The Kier molecular flexibility index (Phi) is 3.95. The molecular formula is C20H18N2O6. The fraction of sp³-hybridized carbons (Fsp3) is 0.350. The Morgan fingerprint density at radius 1 is 1.07 bits per heavy atom. The van der Waals surface area contributed by atoms with Crippen molar-refractivity contribution in [2.45, 2.75) is 20.8 Å². The number of nitro groups is 1. The SMILES string of the molecule is CC(=O)Oc1ccc(N2C(=O)[C@@H]3[C@H](C2=O)[C@H]2C=C[C@H]3C2=C(C)C)cc1[N+](=O)[O-]. The van der Waals surface area contributed by atoms with Crippen molar-refractivity contribution in [3.05, 3.63) is 51.6 Å². The average Bonchev–Trinajstić information content (AvgIpc) is 3.25. The molecule has 1 saturated carbocycles. The van der Waals surface area contributed by atoms with Gasteiger partial charge < -0.3 is 4.74 Å². The summed E-state index contributed by atoms with van der Waals surface area (Å²) in [4.78, 5) is 49.0. The Balaban J connectivity index is 1.73. The standard InChI is InChI=1S/C20H18N2O6/c1-9(2)16-12-5-6-13(16)18-17(12)19(24)21(20(18)25)11-4-7-15(28-10(3)23)14(8-11)22(26)27/h4-8,12-13,17-18H,1-3H3/t12-,13-,17-,18+/m0/s1. The number of anilines is 1. The van der Waals surface area contributed by atoms with E-state index in [1.165, 1.54) is 12.1 Å². The summed E-state index contributed by atoms with van der Waals surface area (Å²) in [6.07, 6.45) is 3.96. The Bertz CT molecular complexity index is 970. The highest BCUT2D eigenvalue weighted by Crippen LogP contribution is 2.57. The lowest BCUT2D eigenvalue weighted by Crippen LogP contribution is -2.33. The number of nitrogens with zero attached hydrogens (tertiary/aromatic N) is 2. The highest BCUT2D eigenvalue weighted by Gasteiger charge is 2.62. The minimum Gasteiger partial charge on any atom is -0.419 e. The summed E-state index contributed by atoms with van der Waals surface area (Å²) in [6, 6.07) is 3.73. The zero-order chi connectivity index (χ0) is 20.3. The van der Waals surface area contributed by atoms with Crippen LogP contribution in [-0.4, -0.2) is 22.7 Å². The van der Waals surface area contributed by atoms with E-state index in [0.717, 1.165) is 29.0 Å². The molecule has 8 nitrogen and oxygen atoms in total. The molecule has 1 aromatic rings. The zero-order valence-corrected chi connectivity index (χ0v) is 15.5. The number of carbonyl (C=O) groups is 3. The number of allylic oxidation sites excluding steroid dienone is 4. The molecule has 8 heteroatoms. The van der Waals surface area contributed by atoms with Crippen LogP contribution in [0.3, 0.4) is 0 Å². The van der Waals surface area contributed by atoms with Gasteiger partial charge in [-0.2, -0.15) is 0 Å². The van der Waals surface area contributed by atoms with Gasteiger partial charge in [-0.1, -0.05) is 23.3 Å². The Labute approximate surface area is 160 Å². The van der Waals surface area contributed by atoms with Crippen LogP contribution in [0.4, 0.5) is 11.4 Å². The van der Waals surface area contributed by atoms with E-state index in [2.05, 4.69) is 0 Å². The number of carbonyl (C=O) groups excluding carboxylic acids is 3. The lowest BCUT2D eigenvalue weighted by atomic mass is 9.85. The molecule has 1 saturated heterocycles. The van der Waals surface area contributed by atoms with E-state index >= 15 is 0 Å². The summed E-state index contributed by atoms with van der Waals surface area (Å²) in [7, 11) is 0. The van der Waals surface area contributed by atoms with Crippen LogP contribution in [0, 0.1) is 33.8 Å². The Morgan fingerprint density at radius 3 is 2.11 bits per heavy atom. The smallest absolute Gasteiger partial charge is 0.313 e. The van der Waals surface area contributed by atoms with Crippen molar-refractivity contribution in [2.24, 2.45) is 23.7 Å². The molecule has 2 amide bonds. The Hall–Kier alpha value is -3.29. The lowest BCUT2D eigenvalue weighted by Gasteiger charge is -2.19. The first-order valence-electron chi connectivity index (χ1n) is 8.92. The molecule has 0 spiro atoms. The topological polar surface area (TPSA) is 107 Å². The number of nitro benzene ring substituents is 1. The van der Waals surface area contributed by atoms with Crippen LogP contribution in [0.15, 0.2) is 41.5 Å². The molecule has 2 fully saturated rings. The summed E-state index contributed by atoms with van der Waals surface area (Å²) in [5.74, 6) is -2.77. The molecule has 4 rings (SSSR count). The summed E-state index contributed by atoms with van der Waals surface area (Å²) in [6.45, 7) is 5.09. The van der Waals surface area contributed by atoms with Gasteiger partial charge in [0, 0.05) is 24.8 Å². The van der Waals surface area contributed by atoms with E-state index in [-0.39, 0.29) is 35.1 Å². The van der Waals surface area contributed by atoms with Gasteiger partial charge in [0.15, 0.2) is 0 Å². The predicted octanol–water partition coefficient (Wildman–Crippen LogP) is 2.78. The fourth-order valence-electron chi connectivity index (χ4n) is 4.71. The number of fused-ring (bicyclic) bond motifs is 5. The molecule has 2 bridgehead atoms. The molecule has 0 N–H and O–H groups in total. The van der Waals surface area contributed by atoms with Gasteiger partial charge in [-0.25, -0.2) is 4.90 Å². The second-order valence-electron chi connectivity index (χ2n) is 7.46. The fourth-order valence-corrected chi connectivity index (χ4v) is 4.71. The van der Waals surface area contributed by atoms with Crippen LogP contribution in [0.1, 0.15) is 20.8 Å². The second-order valence-corrected chi connectivity index (χ2v) is 7.46. The van der Waals surface area contributed by atoms with Crippen molar-refractivity contribution in [2.75, 3.05) is 4.90 Å². The van der Waals surface area contributed by atoms with Gasteiger partial charge in [-0.05, 0) is 26.0 Å². The van der Waals surface area contributed by atoms with Gasteiger partial charge in [0.05, 0.1) is 22.4 Å². The third-order valence-electron chi connectivity index (χ3n) is 5.64. The summed E-state index contributed by atoms with van der Waals surface area (Å²) in [5, 5.41) is 11.4. The van der Waals surface area contributed by atoms with Crippen molar-refractivity contribution in [1.29, 1.82) is 0 Å². The first-order chi connectivity index (χ1) is 13.2. The van der Waals surface area contributed by atoms with Gasteiger partial charge >= 0.3 is 11.7 Å². The van der Waals surface area contributed by atoms with Crippen LogP contribution in [0.5, 0.6) is 5.75 Å². The normalized spacial score (nSPS) is 27.4. The van der Waals surface area contributed by atoms with Gasteiger partial charge in [0.2, 0.25) is 17.6 Å². The van der Waals surface area contributed by atoms with Crippen molar-refractivity contribution in [1.82, 2.24) is 0 Å². The lowest BCUT2D eigenvalue weighted by molar-refractivity contribution is -0.385. The van der Waals surface area contributed by atoms with Gasteiger partial charge in [0.25, 0.3) is 0 Å². The zero-order valence-electron chi connectivity index (χ0n) is 15.5. The highest BCUT2D eigenvalue weighted by atomic mass is 16.6. The number of hydrogen-bond acceptors (Lipinski definition) is 6. The molecule has 144 valence electrons. The molecule has 4 atom stereocenters. The van der Waals surface area contributed by atoms with Crippen LogP contribution in [-0.2, 0) is 14.4 Å². The van der Waals surface area contributed by atoms with Crippen molar-refractivity contribution in [3.63, 3.8) is 0 Å². The number of ether oxygens (including phenoxy) is 1. The van der Waals surface area contributed by atoms with Crippen LogP contribution in [0.2, 0.25) is 0 Å². The van der Waals surface area contributed by atoms with Crippen molar-refractivity contribution >= 4 is 29.2 Å². The molecule has 28 heavy (non-hydrogen) atoms. The minimum absolute atomic E-state index is 0.100. The molecule has 1 aliphatic heterocycles. The van der Waals surface area contributed by atoms with Gasteiger partial charge in [-0.15, -0.1) is 0 Å². The third kappa shape index (κ3) is 2.41. The van der Waals surface area contributed by atoms with Crippen molar-refractivity contribution < 1.29 is 24.0 Å². The molecule has 2 aliphatic carbocycles. The van der Waals surface area contributed by atoms with E-state index in [9.17, 15) is 24.5 Å². The van der Waals surface area contributed by atoms with Crippen molar-refractivity contribution in [3.8, 4) is 5.75 Å². The summed E-state index contributed by atoms with van der Waals surface area (Å²) >= 11 is 0. The number of imide groups is 1. The van der Waals surface area contributed by atoms with E-state index in [1.807, 2.05) is 26.0 Å². The maximum atomic E-state index is 13.1.